The molecule has 1 atom stereocenters. The summed E-state index contributed by atoms with van der Waals surface area (Å²) in [7, 11) is 1.77. The number of rotatable bonds is 5. The highest BCUT2D eigenvalue weighted by molar-refractivity contribution is 5.96. The molecule has 0 fully saturated rings. The predicted octanol–water partition coefficient (Wildman–Crippen LogP) is 4.12. The van der Waals surface area contributed by atoms with E-state index in [2.05, 4.69) is 0 Å². The van der Waals surface area contributed by atoms with Gasteiger partial charge in [0, 0.05) is 18.2 Å². The Balaban J connectivity index is 1.96. The largest absolute Gasteiger partial charge is 0.491 e. The van der Waals surface area contributed by atoms with Crippen LogP contribution in [0.2, 0.25) is 0 Å². The molecular weight excluding hydrogens is 314 g/mol. The fraction of sp³-hybridized carbons (Fsp3) is 0.381. The zero-order valence-electron chi connectivity index (χ0n) is 15.6. The average Bonchev–Trinajstić information content (AvgIpc) is 2.58. The molecule has 2 aromatic carbocycles. The molecule has 0 aliphatic heterocycles. The highest BCUT2D eigenvalue weighted by Crippen LogP contribution is 2.24. The zero-order valence-corrected chi connectivity index (χ0v) is 15.6. The predicted molar refractivity (Wildman–Crippen MR) is 101 cm³/mol. The van der Waals surface area contributed by atoms with Gasteiger partial charge in [-0.15, -0.1) is 0 Å². The van der Waals surface area contributed by atoms with Gasteiger partial charge < -0.3 is 14.7 Å². The third-order valence-corrected chi connectivity index (χ3v) is 4.04. The lowest BCUT2D eigenvalue weighted by Crippen LogP contribution is -2.36. The summed E-state index contributed by atoms with van der Waals surface area (Å²) in [6.07, 6.45) is -0.676. The molecule has 4 heteroatoms. The molecule has 0 aliphatic carbocycles. The van der Waals surface area contributed by atoms with Gasteiger partial charge in [-0.1, -0.05) is 50.6 Å². The Hall–Kier alpha value is -2.33. The molecule has 1 unspecified atom stereocenters. The number of hydrogen-bond donors (Lipinski definition) is 1. The van der Waals surface area contributed by atoms with E-state index in [1.807, 2.05) is 76.2 Å². The van der Waals surface area contributed by atoms with Crippen LogP contribution >= 0.6 is 0 Å². The number of benzene rings is 2. The Labute approximate surface area is 150 Å². The van der Waals surface area contributed by atoms with Gasteiger partial charge in [-0.05, 0) is 36.8 Å². The second-order valence-corrected chi connectivity index (χ2v) is 7.35. The number of ether oxygens (including phenoxy) is 1. The van der Waals surface area contributed by atoms with Crippen molar-refractivity contribution in [3.63, 3.8) is 0 Å². The maximum atomic E-state index is 12.3. The third kappa shape index (κ3) is 5.07. The smallest absolute Gasteiger partial charge is 0.232 e. The van der Waals surface area contributed by atoms with Crippen molar-refractivity contribution in [3.05, 3.63) is 59.7 Å². The maximum absolute atomic E-state index is 12.3. The molecule has 0 aromatic heterocycles. The van der Waals surface area contributed by atoms with Crippen LogP contribution in [0, 0.1) is 12.3 Å². The summed E-state index contributed by atoms with van der Waals surface area (Å²) < 4.78 is 5.66. The Morgan fingerprint density at radius 1 is 1.08 bits per heavy atom. The number of amides is 1. The Morgan fingerprint density at radius 2 is 1.64 bits per heavy atom. The Bertz CT molecular complexity index is 699. The van der Waals surface area contributed by atoms with Gasteiger partial charge in [0.15, 0.2) is 0 Å². The first kappa shape index (κ1) is 19.0. The second kappa shape index (κ2) is 7.70. The first-order valence-corrected chi connectivity index (χ1v) is 8.44. The number of anilines is 1. The molecule has 0 saturated carbocycles. The van der Waals surface area contributed by atoms with Gasteiger partial charge in [0.2, 0.25) is 5.91 Å². The van der Waals surface area contributed by atoms with Crippen molar-refractivity contribution in [1.82, 2.24) is 0 Å². The van der Waals surface area contributed by atoms with Crippen LogP contribution in [0.25, 0.3) is 0 Å². The van der Waals surface area contributed by atoms with E-state index >= 15 is 0 Å². The van der Waals surface area contributed by atoms with Gasteiger partial charge >= 0.3 is 0 Å². The van der Waals surface area contributed by atoms with Crippen molar-refractivity contribution in [2.45, 2.75) is 33.8 Å². The molecule has 0 bridgehead atoms. The Kier molecular flexibility index (Phi) is 5.85. The van der Waals surface area contributed by atoms with Gasteiger partial charge in [0.25, 0.3) is 0 Å². The van der Waals surface area contributed by atoms with Gasteiger partial charge in [-0.25, -0.2) is 0 Å². The van der Waals surface area contributed by atoms with E-state index in [-0.39, 0.29) is 12.5 Å². The first-order chi connectivity index (χ1) is 11.7. The van der Waals surface area contributed by atoms with Crippen molar-refractivity contribution in [3.8, 4) is 5.75 Å². The third-order valence-electron chi connectivity index (χ3n) is 4.04. The summed E-state index contributed by atoms with van der Waals surface area (Å²) in [6, 6.07) is 15.0. The molecule has 0 radical (unpaired) electrons. The fourth-order valence-corrected chi connectivity index (χ4v) is 2.45. The van der Waals surface area contributed by atoms with Crippen LogP contribution in [0.15, 0.2) is 48.5 Å². The lowest BCUT2D eigenvalue weighted by molar-refractivity contribution is -0.125. The van der Waals surface area contributed by atoms with Crippen molar-refractivity contribution >= 4 is 11.6 Å². The van der Waals surface area contributed by atoms with Crippen molar-refractivity contribution in [2.75, 3.05) is 18.6 Å². The van der Waals surface area contributed by atoms with E-state index in [1.165, 1.54) is 0 Å². The molecule has 4 nitrogen and oxygen atoms in total. The van der Waals surface area contributed by atoms with E-state index in [0.717, 1.165) is 16.8 Å². The summed E-state index contributed by atoms with van der Waals surface area (Å²) in [5.74, 6) is 0.711. The lowest BCUT2D eigenvalue weighted by atomic mass is 9.95. The molecular formula is C21H27NO3. The number of hydrogen-bond acceptors (Lipinski definition) is 3. The molecule has 2 aromatic rings. The number of aryl methyl sites for hydroxylation is 1. The van der Waals surface area contributed by atoms with Crippen LogP contribution in [-0.2, 0) is 4.79 Å². The summed E-state index contributed by atoms with van der Waals surface area (Å²) in [6.45, 7) is 7.89. The number of aliphatic hydroxyl groups is 1. The summed E-state index contributed by atoms with van der Waals surface area (Å²) in [5, 5.41) is 10.2. The minimum atomic E-state index is -0.676. The highest BCUT2D eigenvalue weighted by Gasteiger charge is 2.25. The normalized spacial score (nSPS) is 12.6. The monoisotopic (exact) mass is 341 g/mol. The standard InChI is InChI=1S/C21H27NO3/c1-15-6-8-16(9-7-15)19(23)14-25-18-12-10-17(11-13-18)22(5)20(24)21(2,3)4/h6-13,19,23H,14H2,1-5H3. The van der Waals surface area contributed by atoms with E-state index in [4.69, 9.17) is 4.74 Å². The van der Waals surface area contributed by atoms with Crippen molar-refractivity contribution in [1.29, 1.82) is 0 Å². The van der Waals surface area contributed by atoms with Crippen LogP contribution in [0.5, 0.6) is 5.75 Å². The van der Waals surface area contributed by atoms with E-state index < -0.39 is 11.5 Å². The molecule has 1 N–H and O–H groups in total. The Morgan fingerprint density at radius 3 is 2.16 bits per heavy atom. The second-order valence-electron chi connectivity index (χ2n) is 7.35. The minimum absolute atomic E-state index is 0.0518. The molecule has 0 aliphatic rings. The number of carbonyl (C=O) groups excluding carboxylic acids is 1. The van der Waals surface area contributed by atoms with Crippen LogP contribution in [-0.4, -0.2) is 24.7 Å². The van der Waals surface area contributed by atoms with Crippen LogP contribution in [0.4, 0.5) is 5.69 Å². The van der Waals surface area contributed by atoms with Crippen LogP contribution < -0.4 is 9.64 Å². The molecule has 25 heavy (non-hydrogen) atoms. The van der Waals surface area contributed by atoms with Gasteiger partial charge in [-0.3, -0.25) is 4.79 Å². The highest BCUT2D eigenvalue weighted by atomic mass is 16.5. The van der Waals surface area contributed by atoms with Crippen molar-refractivity contribution in [2.24, 2.45) is 5.41 Å². The summed E-state index contributed by atoms with van der Waals surface area (Å²) in [4.78, 5) is 14.0. The van der Waals surface area contributed by atoms with Crippen LogP contribution in [0.1, 0.15) is 38.0 Å². The van der Waals surface area contributed by atoms with E-state index in [9.17, 15) is 9.90 Å². The lowest BCUT2D eigenvalue weighted by Gasteiger charge is -2.26. The van der Waals surface area contributed by atoms with Gasteiger partial charge in [0.05, 0.1) is 0 Å². The average molecular weight is 341 g/mol. The number of aliphatic hydroxyl groups excluding tert-OH is 1. The SMILES string of the molecule is Cc1ccc(C(O)COc2ccc(N(C)C(=O)C(C)(C)C)cc2)cc1. The molecule has 0 spiro atoms. The van der Waals surface area contributed by atoms with Gasteiger partial charge in [0.1, 0.15) is 18.5 Å². The zero-order chi connectivity index (χ0) is 18.6. The van der Waals surface area contributed by atoms with Crippen LogP contribution in [0.3, 0.4) is 0 Å². The van der Waals surface area contributed by atoms with Gasteiger partial charge in [-0.2, -0.15) is 0 Å². The molecule has 0 saturated heterocycles. The minimum Gasteiger partial charge on any atom is -0.491 e. The summed E-state index contributed by atoms with van der Waals surface area (Å²) in [5.41, 5.74) is 2.37. The van der Waals surface area contributed by atoms with Crippen molar-refractivity contribution < 1.29 is 14.6 Å². The number of nitrogens with zero attached hydrogens (tertiary/aromatic N) is 1. The van der Waals surface area contributed by atoms with E-state index in [1.54, 1.807) is 11.9 Å². The fourth-order valence-electron chi connectivity index (χ4n) is 2.45. The topological polar surface area (TPSA) is 49.8 Å². The maximum Gasteiger partial charge on any atom is 0.232 e. The molecule has 134 valence electrons. The molecule has 0 heterocycles. The molecule has 2 rings (SSSR count). The molecule has 1 amide bonds. The first-order valence-electron chi connectivity index (χ1n) is 8.44. The van der Waals surface area contributed by atoms with E-state index in [0.29, 0.717) is 5.75 Å². The quantitative estimate of drug-likeness (QED) is 0.890. The summed E-state index contributed by atoms with van der Waals surface area (Å²) >= 11 is 0. The number of carbonyl (C=O) groups is 1.